The average molecular weight is 765 g/mol. The van der Waals surface area contributed by atoms with Gasteiger partial charge in [-0.15, -0.1) is 0 Å². The van der Waals surface area contributed by atoms with Gasteiger partial charge in [-0.25, -0.2) is 4.79 Å². The van der Waals surface area contributed by atoms with Crippen LogP contribution in [0.3, 0.4) is 0 Å². The quantitative estimate of drug-likeness (QED) is 0.123. The van der Waals surface area contributed by atoms with Crippen LogP contribution in [-0.2, 0) is 29.0 Å². The molecule has 3 aromatic carbocycles. The van der Waals surface area contributed by atoms with Crippen molar-refractivity contribution in [3.8, 4) is 11.5 Å². The lowest BCUT2D eigenvalue weighted by Gasteiger charge is -2.39. The number of rotatable bonds is 12. The van der Waals surface area contributed by atoms with Crippen LogP contribution >= 0.6 is 0 Å². The number of fused-ring (bicyclic) bond motifs is 2. The lowest BCUT2D eigenvalue weighted by atomic mass is 10.0. The number of methoxy groups -OCH3 is 2. The van der Waals surface area contributed by atoms with E-state index in [4.69, 9.17) is 14.2 Å². The van der Waals surface area contributed by atoms with Gasteiger partial charge in [-0.2, -0.15) is 0 Å². The number of pyridine rings is 2. The fourth-order valence-electron chi connectivity index (χ4n) is 7.34. The van der Waals surface area contributed by atoms with Gasteiger partial charge in [-0.05, 0) is 101 Å². The Bertz CT molecular complexity index is 2230. The zero-order valence-electron chi connectivity index (χ0n) is 33.9. The Labute approximate surface area is 329 Å². The molecule has 0 N–H and O–H groups in total. The third-order valence-electron chi connectivity index (χ3n) is 10.3. The highest BCUT2D eigenvalue weighted by atomic mass is 16.6. The topological polar surface area (TPSA) is 112 Å². The van der Waals surface area contributed by atoms with E-state index in [2.05, 4.69) is 29.2 Å². The lowest BCUT2D eigenvalue weighted by molar-refractivity contribution is -0.108. The number of piperidine rings is 1. The zero-order chi connectivity index (χ0) is 40.4. The summed E-state index contributed by atoms with van der Waals surface area (Å²) in [6, 6.07) is 25.2. The van der Waals surface area contributed by atoms with E-state index < -0.39 is 5.60 Å². The van der Waals surface area contributed by atoms with E-state index in [0.717, 1.165) is 90.3 Å². The van der Waals surface area contributed by atoms with Crippen LogP contribution in [-0.4, -0.2) is 83.4 Å². The summed E-state index contributed by atoms with van der Waals surface area (Å²) in [7, 11) is 3.21. The highest BCUT2D eigenvalue weighted by molar-refractivity contribution is 5.85. The van der Waals surface area contributed by atoms with E-state index in [0.29, 0.717) is 18.8 Å². The van der Waals surface area contributed by atoms with Crippen LogP contribution in [0.25, 0.3) is 21.8 Å². The first-order valence-corrected chi connectivity index (χ1v) is 19.4. The van der Waals surface area contributed by atoms with Gasteiger partial charge in [0.15, 0.2) is 0 Å². The fraction of sp³-hybridized carbons (Fsp3) is 0.422. The maximum absolute atomic E-state index is 13.2. The first-order chi connectivity index (χ1) is 26.8. The number of ether oxygens (including phenoxy) is 3. The van der Waals surface area contributed by atoms with Gasteiger partial charge in [0.05, 0.1) is 31.8 Å². The smallest absolute Gasteiger partial charge is 0.410 e. The molecule has 3 heterocycles. The molecule has 11 heteroatoms. The second-order valence-corrected chi connectivity index (χ2v) is 15.4. The van der Waals surface area contributed by atoms with Crippen molar-refractivity contribution in [2.45, 2.75) is 85.0 Å². The molecule has 0 radical (unpaired) electrons. The van der Waals surface area contributed by atoms with Crippen molar-refractivity contribution in [3.05, 3.63) is 116 Å². The van der Waals surface area contributed by atoms with Gasteiger partial charge < -0.3 is 37.9 Å². The molecule has 0 unspecified atom stereocenters. The van der Waals surface area contributed by atoms with E-state index in [1.165, 1.54) is 16.2 Å². The summed E-state index contributed by atoms with van der Waals surface area (Å²) in [6.07, 6.45) is 4.11. The number of hydrogen-bond donors (Lipinski definition) is 0. The first kappa shape index (κ1) is 41.7. The molecule has 1 amide bonds. The number of aryl methyl sites for hydroxylation is 3. The van der Waals surface area contributed by atoms with Crippen molar-refractivity contribution in [1.29, 1.82) is 0 Å². The molecule has 298 valence electrons. The Morgan fingerprint density at radius 3 is 1.88 bits per heavy atom. The van der Waals surface area contributed by atoms with E-state index in [9.17, 15) is 19.2 Å². The van der Waals surface area contributed by atoms with Crippen LogP contribution in [0.15, 0.2) is 88.5 Å². The highest BCUT2D eigenvalue weighted by Gasteiger charge is 2.31. The molecule has 1 fully saturated rings. The maximum Gasteiger partial charge on any atom is 0.410 e. The molecule has 56 heavy (non-hydrogen) atoms. The van der Waals surface area contributed by atoms with Gasteiger partial charge >= 0.3 is 6.09 Å². The average Bonchev–Trinajstić information content (AvgIpc) is 3.18. The summed E-state index contributed by atoms with van der Waals surface area (Å²) >= 11 is 0. The van der Waals surface area contributed by atoms with Crippen molar-refractivity contribution in [2.24, 2.45) is 0 Å². The highest BCUT2D eigenvalue weighted by Crippen LogP contribution is 2.25. The summed E-state index contributed by atoms with van der Waals surface area (Å²) in [6.45, 7) is 13.5. The molecule has 1 aliphatic heterocycles. The molecule has 2 aromatic heterocycles. The Morgan fingerprint density at radius 2 is 1.34 bits per heavy atom. The normalized spacial score (nSPS) is 13.6. The number of nitrogens with zero attached hydrogens (tertiary/aromatic N) is 4. The van der Waals surface area contributed by atoms with Crippen LogP contribution in [0.1, 0.15) is 56.7 Å². The van der Waals surface area contributed by atoms with Gasteiger partial charge in [-0.1, -0.05) is 30.3 Å². The third kappa shape index (κ3) is 10.7. The van der Waals surface area contributed by atoms with Crippen LogP contribution in [0.5, 0.6) is 11.5 Å². The number of amides is 1. The monoisotopic (exact) mass is 764 g/mol. The van der Waals surface area contributed by atoms with Gasteiger partial charge in [0.25, 0.3) is 11.1 Å². The Morgan fingerprint density at radius 1 is 0.786 bits per heavy atom. The molecule has 1 saturated heterocycles. The summed E-state index contributed by atoms with van der Waals surface area (Å²) in [4.78, 5) is 52.9. The van der Waals surface area contributed by atoms with Crippen molar-refractivity contribution in [3.63, 3.8) is 0 Å². The van der Waals surface area contributed by atoms with E-state index >= 15 is 0 Å². The van der Waals surface area contributed by atoms with Crippen LogP contribution in [0.2, 0.25) is 0 Å². The minimum absolute atomic E-state index is 0.0117. The molecular weight excluding hydrogens is 709 g/mol. The number of hydrogen-bond acceptors (Lipinski definition) is 8. The molecule has 0 spiro atoms. The number of aldehydes is 1. The number of carbonyl (C=O) groups is 2. The van der Waals surface area contributed by atoms with Gasteiger partial charge in [0.2, 0.25) is 0 Å². The van der Waals surface area contributed by atoms with E-state index in [1.54, 1.807) is 26.4 Å². The molecule has 6 rings (SSSR count). The van der Waals surface area contributed by atoms with Gasteiger partial charge in [0.1, 0.15) is 23.4 Å². The molecular formula is C45H56N4O7. The second-order valence-electron chi connectivity index (χ2n) is 15.4. The van der Waals surface area contributed by atoms with Crippen LogP contribution in [0, 0.1) is 13.8 Å². The van der Waals surface area contributed by atoms with E-state index in [-0.39, 0.29) is 29.8 Å². The largest absolute Gasteiger partial charge is 0.497 e. The summed E-state index contributed by atoms with van der Waals surface area (Å²) in [5.41, 5.74) is 4.10. The number of likely N-dealkylation sites (tertiary alicyclic amines) is 1. The van der Waals surface area contributed by atoms with Crippen molar-refractivity contribution >= 4 is 34.2 Å². The Balaban J connectivity index is 0.000000293. The van der Waals surface area contributed by atoms with Crippen LogP contribution < -0.4 is 20.6 Å². The molecule has 11 nitrogen and oxygen atoms in total. The second kappa shape index (κ2) is 18.9. The Hall–Kier alpha value is -5.42. The van der Waals surface area contributed by atoms with Crippen molar-refractivity contribution in [1.82, 2.24) is 18.9 Å². The SMILES string of the molecule is COc1ccc2c(C)cc(=O)n(CC=O)c2c1.COc1ccc2c(C)cc(=O)n(CCN3CCC(N(CCCc4ccccc4)C(=O)OC(C)(C)C)CC3)c2c1. The first-order valence-electron chi connectivity index (χ1n) is 19.4. The minimum atomic E-state index is -0.526. The molecule has 0 saturated carbocycles. The third-order valence-corrected chi connectivity index (χ3v) is 10.3. The summed E-state index contributed by atoms with van der Waals surface area (Å²) in [5, 5.41) is 2.02. The predicted molar refractivity (Wildman–Crippen MR) is 222 cm³/mol. The van der Waals surface area contributed by atoms with Crippen molar-refractivity contribution in [2.75, 3.05) is 40.4 Å². The number of carbonyl (C=O) groups excluding carboxylic acids is 2. The molecule has 0 aliphatic carbocycles. The van der Waals surface area contributed by atoms with E-state index in [1.807, 2.05) is 80.5 Å². The standard InChI is InChI=1S/C32H43N3O4.C13H13NO3/c1-24-22-30(36)35(29-23-27(38-5)13-14-28(24)29)21-20-33-18-15-26(16-19-33)34(31(37)39-32(2,3)4)17-9-12-25-10-7-6-8-11-25;1-9-7-13(16)14(5-6-15)12-8-10(17-2)3-4-11(9)12/h6-8,10-11,13-14,22-23,26H,9,12,15-21H2,1-5H3;3-4,6-8H,5H2,1-2H3. The number of aromatic nitrogens is 2. The Kier molecular flexibility index (Phi) is 14.1. The molecule has 5 aromatic rings. The summed E-state index contributed by atoms with van der Waals surface area (Å²) in [5.74, 6) is 1.42. The molecule has 0 bridgehead atoms. The number of benzene rings is 3. The lowest BCUT2D eigenvalue weighted by Crippen LogP contribution is -2.49. The van der Waals surface area contributed by atoms with Crippen molar-refractivity contribution < 1.29 is 23.8 Å². The zero-order valence-corrected chi connectivity index (χ0v) is 33.9. The fourth-order valence-corrected chi connectivity index (χ4v) is 7.34. The maximum atomic E-state index is 13.2. The van der Waals surface area contributed by atoms with Gasteiger partial charge in [-0.3, -0.25) is 9.59 Å². The molecule has 0 atom stereocenters. The summed E-state index contributed by atoms with van der Waals surface area (Å²) < 4.78 is 19.6. The van der Waals surface area contributed by atoms with Crippen LogP contribution in [0.4, 0.5) is 4.79 Å². The molecule has 1 aliphatic rings. The van der Waals surface area contributed by atoms with Gasteiger partial charge in [0, 0.05) is 73.8 Å². The predicted octanol–water partition coefficient (Wildman–Crippen LogP) is 7.17. The minimum Gasteiger partial charge on any atom is -0.497 e.